The Balaban J connectivity index is 1.43. The molecule has 0 atom stereocenters. The van der Waals surface area contributed by atoms with Gasteiger partial charge in [-0.15, -0.1) is 0 Å². The van der Waals surface area contributed by atoms with Crippen molar-refractivity contribution in [2.45, 2.75) is 13.0 Å². The maximum absolute atomic E-state index is 12.4. The van der Waals surface area contributed by atoms with Crippen LogP contribution in [0.25, 0.3) is 0 Å². The first-order chi connectivity index (χ1) is 13.1. The van der Waals surface area contributed by atoms with Crippen molar-refractivity contribution in [2.75, 3.05) is 39.4 Å². The van der Waals surface area contributed by atoms with Crippen LogP contribution in [0.1, 0.15) is 11.1 Å². The van der Waals surface area contributed by atoms with Gasteiger partial charge in [-0.2, -0.15) is 0 Å². The van der Waals surface area contributed by atoms with Crippen molar-refractivity contribution in [3.8, 4) is 5.75 Å². The Labute approximate surface area is 165 Å². The molecule has 0 aliphatic carbocycles. The summed E-state index contributed by atoms with van der Waals surface area (Å²) in [6, 6.07) is 15.4. The molecule has 2 aromatic rings. The molecule has 5 nitrogen and oxygen atoms in total. The molecule has 3 rings (SSSR count). The van der Waals surface area contributed by atoms with Crippen LogP contribution in [-0.4, -0.2) is 60.2 Å². The van der Waals surface area contributed by atoms with Crippen molar-refractivity contribution in [3.63, 3.8) is 0 Å². The van der Waals surface area contributed by atoms with Crippen LogP contribution in [0.5, 0.6) is 5.75 Å². The smallest absolute Gasteiger partial charge is 0.260 e. The first kappa shape index (κ1) is 19.7. The molecule has 0 aromatic heterocycles. The second-order valence-corrected chi connectivity index (χ2v) is 7.13. The standard InChI is InChI=1S/C21H25ClN2O3/c22-19-6-4-18(5-7-19)15-23-9-11-24(12-10-23)21(26)16-27-20-3-1-2-17(14-20)8-13-25/h1-7,14,25H,8-13,15-16H2. The summed E-state index contributed by atoms with van der Waals surface area (Å²) in [7, 11) is 0. The number of hydrogen-bond donors (Lipinski definition) is 1. The largest absolute Gasteiger partial charge is 0.484 e. The number of halogens is 1. The Morgan fingerprint density at radius 3 is 2.48 bits per heavy atom. The molecular formula is C21H25ClN2O3. The first-order valence-corrected chi connectivity index (χ1v) is 9.59. The molecule has 1 N–H and O–H groups in total. The van der Waals surface area contributed by atoms with Gasteiger partial charge in [0.1, 0.15) is 5.75 Å². The van der Waals surface area contributed by atoms with E-state index in [9.17, 15) is 4.79 Å². The number of amides is 1. The Bertz CT molecular complexity index is 743. The summed E-state index contributed by atoms with van der Waals surface area (Å²) in [4.78, 5) is 16.6. The summed E-state index contributed by atoms with van der Waals surface area (Å²) in [5.74, 6) is 0.671. The minimum Gasteiger partial charge on any atom is -0.484 e. The number of carbonyl (C=O) groups is 1. The summed E-state index contributed by atoms with van der Waals surface area (Å²) in [6.07, 6.45) is 0.584. The average Bonchev–Trinajstić information content (AvgIpc) is 2.69. The summed E-state index contributed by atoms with van der Waals surface area (Å²) in [5.41, 5.74) is 2.23. The van der Waals surface area contributed by atoms with Crippen molar-refractivity contribution in [1.29, 1.82) is 0 Å². The highest BCUT2D eigenvalue weighted by molar-refractivity contribution is 6.30. The Kier molecular flexibility index (Phi) is 7.10. The minimum absolute atomic E-state index is 0.00806. The van der Waals surface area contributed by atoms with Crippen LogP contribution in [0.4, 0.5) is 0 Å². The van der Waals surface area contributed by atoms with Crippen molar-refractivity contribution in [1.82, 2.24) is 9.80 Å². The van der Waals surface area contributed by atoms with E-state index in [4.69, 9.17) is 21.4 Å². The average molecular weight is 389 g/mol. The Morgan fingerprint density at radius 2 is 1.78 bits per heavy atom. The van der Waals surface area contributed by atoms with Crippen LogP contribution < -0.4 is 4.74 Å². The lowest BCUT2D eigenvalue weighted by molar-refractivity contribution is -0.135. The lowest BCUT2D eigenvalue weighted by Crippen LogP contribution is -2.49. The minimum atomic E-state index is 0.00806. The molecule has 0 saturated carbocycles. The molecule has 1 aliphatic rings. The maximum Gasteiger partial charge on any atom is 0.260 e. The van der Waals surface area contributed by atoms with Gasteiger partial charge >= 0.3 is 0 Å². The lowest BCUT2D eigenvalue weighted by atomic mass is 10.1. The van der Waals surface area contributed by atoms with E-state index < -0.39 is 0 Å². The monoisotopic (exact) mass is 388 g/mol. The fourth-order valence-electron chi connectivity index (χ4n) is 3.16. The van der Waals surface area contributed by atoms with E-state index in [-0.39, 0.29) is 19.1 Å². The van der Waals surface area contributed by atoms with E-state index in [0.717, 1.165) is 30.2 Å². The van der Waals surface area contributed by atoms with E-state index in [0.29, 0.717) is 25.3 Å². The van der Waals surface area contributed by atoms with Crippen LogP contribution in [0, 0.1) is 0 Å². The number of aliphatic hydroxyl groups is 1. The van der Waals surface area contributed by atoms with Gasteiger partial charge in [-0.1, -0.05) is 35.9 Å². The third-order valence-electron chi connectivity index (χ3n) is 4.71. The molecule has 27 heavy (non-hydrogen) atoms. The highest BCUT2D eigenvalue weighted by atomic mass is 35.5. The van der Waals surface area contributed by atoms with Crippen molar-refractivity contribution in [2.24, 2.45) is 0 Å². The van der Waals surface area contributed by atoms with Gasteiger partial charge in [-0.3, -0.25) is 9.69 Å². The van der Waals surface area contributed by atoms with Crippen LogP contribution in [0.15, 0.2) is 48.5 Å². The topological polar surface area (TPSA) is 53.0 Å². The molecule has 0 bridgehead atoms. The molecule has 2 aromatic carbocycles. The summed E-state index contributed by atoms with van der Waals surface area (Å²) in [6.45, 7) is 4.12. The Morgan fingerprint density at radius 1 is 1.04 bits per heavy atom. The maximum atomic E-state index is 12.4. The molecule has 1 aliphatic heterocycles. The van der Waals surface area contributed by atoms with Gasteiger partial charge in [0.05, 0.1) is 0 Å². The van der Waals surface area contributed by atoms with Gasteiger partial charge in [0.15, 0.2) is 6.61 Å². The predicted molar refractivity (Wildman–Crippen MR) is 106 cm³/mol. The molecule has 0 spiro atoms. The second kappa shape index (κ2) is 9.74. The first-order valence-electron chi connectivity index (χ1n) is 9.21. The van der Waals surface area contributed by atoms with Crippen molar-refractivity contribution < 1.29 is 14.6 Å². The number of piperazine rings is 1. The number of rotatable bonds is 7. The molecule has 1 amide bonds. The number of ether oxygens (including phenoxy) is 1. The molecule has 144 valence electrons. The SMILES string of the molecule is O=C(COc1cccc(CCO)c1)N1CCN(Cc2ccc(Cl)cc2)CC1. The molecule has 6 heteroatoms. The van der Waals surface area contributed by atoms with Crippen LogP contribution in [0.2, 0.25) is 5.02 Å². The van der Waals surface area contributed by atoms with E-state index in [1.807, 2.05) is 53.4 Å². The summed E-state index contributed by atoms with van der Waals surface area (Å²) < 4.78 is 5.64. The molecule has 1 fully saturated rings. The molecule has 1 saturated heterocycles. The van der Waals surface area contributed by atoms with Gasteiger partial charge in [-0.05, 0) is 41.8 Å². The van der Waals surface area contributed by atoms with Gasteiger partial charge in [-0.25, -0.2) is 0 Å². The number of aliphatic hydroxyl groups excluding tert-OH is 1. The zero-order valence-corrected chi connectivity index (χ0v) is 16.1. The normalized spacial score (nSPS) is 15.0. The number of benzene rings is 2. The fraction of sp³-hybridized carbons (Fsp3) is 0.381. The molecule has 0 unspecified atom stereocenters. The predicted octanol–water partition coefficient (Wildman–Crippen LogP) is 2.60. The molecule has 1 heterocycles. The van der Waals surface area contributed by atoms with Gasteiger partial charge in [0, 0.05) is 44.4 Å². The van der Waals surface area contributed by atoms with E-state index in [1.54, 1.807) is 0 Å². The van der Waals surface area contributed by atoms with Crippen molar-refractivity contribution >= 4 is 17.5 Å². The van der Waals surface area contributed by atoms with E-state index in [1.165, 1.54) is 5.56 Å². The van der Waals surface area contributed by atoms with Crippen molar-refractivity contribution in [3.05, 3.63) is 64.7 Å². The second-order valence-electron chi connectivity index (χ2n) is 6.69. The zero-order chi connectivity index (χ0) is 19.1. The van der Waals surface area contributed by atoms with Gasteiger partial charge < -0.3 is 14.7 Å². The van der Waals surface area contributed by atoms with Crippen LogP contribution in [-0.2, 0) is 17.8 Å². The number of hydrogen-bond acceptors (Lipinski definition) is 4. The van der Waals surface area contributed by atoms with E-state index >= 15 is 0 Å². The van der Waals surface area contributed by atoms with Crippen LogP contribution >= 0.6 is 11.6 Å². The third kappa shape index (κ3) is 5.96. The molecular weight excluding hydrogens is 364 g/mol. The quantitative estimate of drug-likeness (QED) is 0.792. The molecule has 0 radical (unpaired) electrons. The number of carbonyl (C=O) groups excluding carboxylic acids is 1. The summed E-state index contributed by atoms with van der Waals surface area (Å²) in [5, 5.41) is 9.76. The fourth-order valence-corrected chi connectivity index (χ4v) is 3.29. The highest BCUT2D eigenvalue weighted by Gasteiger charge is 2.21. The Hall–Kier alpha value is -2.08. The van der Waals surface area contributed by atoms with Gasteiger partial charge in [0.25, 0.3) is 5.91 Å². The van der Waals surface area contributed by atoms with Gasteiger partial charge in [0.2, 0.25) is 0 Å². The third-order valence-corrected chi connectivity index (χ3v) is 4.96. The number of nitrogens with zero attached hydrogens (tertiary/aromatic N) is 2. The summed E-state index contributed by atoms with van der Waals surface area (Å²) >= 11 is 5.93. The highest BCUT2D eigenvalue weighted by Crippen LogP contribution is 2.15. The lowest BCUT2D eigenvalue weighted by Gasteiger charge is -2.34. The van der Waals surface area contributed by atoms with Crippen LogP contribution in [0.3, 0.4) is 0 Å². The van der Waals surface area contributed by atoms with E-state index in [2.05, 4.69) is 4.90 Å². The zero-order valence-electron chi connectivity index (χ0n) is 15.3.